The summed E-state index contributed by atoms with van der Waals surface area (Å²) >= 11 is 1.70. The van der Waals surface area contributed by atoms with Crippen molar-refractivity contribution in [3.05, 3.63) is 47.4 Å². The third kappa shape index (κ3) is 4.96. The number of likely N-dealkylation sites (N-methyl/N-ethyl adjacent to an activating group) is 1. The number of carbonyl (C=O) groups is 2. The van der Waals surface area contributed by atoms with Crippen molar-refractivity contribution >= 4 is 23.2 Å². The molecule has 5 rings (SSSR count). The van der Waals surface area contributed by atoms with E-state index in [0.29, 0.717) is 0 Å². The fourth-order valence-corrected chi connectivity index (χ4v) is 5.40. The smallest absolute Gasteiger partial charge is 0.475 e. The van der Waals surface area contributed by atoms with E-state index in [-0.39, 0.29) is 11.4 Å². The highest BCUT2D eigenvalue weighted by Gasteiger charge is 2.44. The maximum absolute atomic E-state index is 12.9. The molecule has 0 saturated carbocycles. The molecule has 0 bridgehead atoms. The lowest BCUT2D eigenvalue weighted by molar-refractivity contribution is -0.192. The molecule has 1 spiro atoms. The van der Waals surface area contributed by atoms with Crippen LogP contribution in [0, 0.1) is 0 Å². The van der Waals surface area contributed by atoms with Gasteiger partial charge in [0.15, 0.2) is 5.82 Å². The highest BCUT2D eigenvalue weighted by molar-refractivity contribution is 7.13. The Labute approximate surface area is 203 Å². The van der Waals surface area contributed by atoms with Gasteiger partial charge in [-0.05, 0) is 43.5 Å². The van der Waals surface area contributed by atoms with E-state index in [1.807, 2.05) is 34.8 Å². The predicted molar refractivity (Wildman–Crippen MR) is 122 cm³/mol. The summed E-state index contributed by atoms with van der Waals surface area (Å²) in [4.78, 5) is 27.3. The van der Waals surface area contributed by atoms with Gasteiger partial charge in [-0.15, -0.1) is 21.5 Å². The summed E-state index contributed by atoms with van der Waals surface area (Å²) < 4.78 is 36.0. The first-order valence-corrected chi connectivity index (χ1v) is 11.8. The number of hydrogen-bond donors (Lipinski definition) is 1. The zero-order valence-electron chi connectivity index (χ0n) is 19.2. The van der Waals surface area contributed by atoms with Crippen molar-refractivity contribution in [1.82, 2.24) is 29.1 Å². The molecule has 1 fully saturated rings. The number of aromatic nitrogens is 4. The topological polar surface area (TPSA) is 96.5 Å². The number of hydrogen-bond acceptors (Lipinski definition) is 6. The van der Waals surface area contributed by atoms with Crippen molar-refractivity contribution in [2.45, 2.75) is 31.1 Å². The third-order valence-corrected chi connectivity index (χ3v) is 7.17. The van der Waals surface area contributed by atoms with Gasteiger partial charge in [0, 0.05) is 32.9 Å². The Bertz CT molecular complexity index is 1200. The minimum absolute atomic E-state index is 0.0594. The van der Waals surface area contributed by atoms with Gasteiger partial charge in [-0.1, -0.05) is 6.07 Å². The molecule has 0 aliphatic carbocycles. The summed E-state index contributed by atoms with van der Waals surface area (Å²) in [5.74, 6) is -0.638. The lowest BCUT2D eigenvalue weighted by Crippen LogP contribution is -2.56. The van der Waals surface area contributed by atoms with Gasteiger partial charge >= 0.3 is 12.1 Å². The third-order valence-electron chi connectivity index (χ3n) is 6.31. The highest BCUT2D eigenvalue weighted by Crippen LogP contribution is 2.39. The molecule has 188 valence electrons. The van der Waals surface area contributed by atoms with Crippen molar-refractivity contribution in [3.8, 4) is 10.7 Å². The molecule has 0 aromatic carbocycles. The van der Waals surface area contributed by atoms with Crippen LogP contribution in [-0.4, -0.2) is 79.0 Å². The molecule has 0 unspecified atom stereocenters. The van der Waals surface area contributed by atoms with E-state index in [9.17, 15) is 18.0 Å². The zero-order valence-corrected chi connectivity index (χ0v) is 20.0. The SMILES string of the molecule is CN1Cc2nnc(-c3cccs3)n2C2(CCN(C(=O)c3cccn3C)CC2)C1.O=C(O)C(F)(F)F. The average molecular weight is 511 g/mol. The molecule has 0 atom stereocenters. The molecule has 3 aromatic heterocycles. The van der Waals surface area contributed by atoms with Gasteiger partial charge in [0.2, 0.25) is 0 Å². The Morgan fingerprint density at radius 3 is 2.34 bits per heavy atom. The number of alkyl halides is 3. The number of thiophene rings is 1. The molecule has 1 saturated heterocycles. The maximum Gasteiger partial charge on any atom is 0.490 e. The van der Waals surface area contributed by atoms with Gasteiger partial charge in [0.25, 0.3) is 5.91 Å². The number of fused-ring (bicyclic) bond motifs is 2. The monoisotopic (exact) mass is 510 g/mol. The second-order valence-corrected chi connectivity index (χ2v) is 9.70. The summed E-state index contributed by atoms with van der Waals surface area (Å²) in [6.45, 7) is 3.27. The lowest BCUT2D eigenvalue weighted by Gasteiger charge is -2.48. The molecule has 2 aliphatic rings. The van der Waals surface area contributed by atoms with Crippen molar-refractivity contribution in [2.24, 2.45) is 7.05 Å². The van der Waals surface area contributed by atoms with Crippen LogP contribution in [0.5, 0.6) is 0 Å². The van der Waals surface area contributed by atoms with E-state index in [1.54, 1.807) is 11.3 Å². The molecule has 1 amide bonds. The van der Waals surface area contributed by atoms with E-state index in [0.717, 1.165) is 61.2 Å². The number of halogens is 3. The molecular weight excluding hydrogens is 485 g/mol. The first-order chi connectivity index (χ1) is 16.5. The molecule has 2 aliphatic heterocycles. The van der Waals surface area contributed by atoms with Crippen LogP contribution in [0.1, 0.15) is 29.2 Å². The first-order valence-electron chi connectivity index (χ1n) is 10.9. The van der Waals surface area contributed by atoms with Crippen LogP contribution in [0.2, 0.25) is 0 Å². The standard InChI is InChI=1S/C20H24N6OS.C2HF3O2/c1-23-13-17-21-22-18(16-6-4-12-28-16)26(17)20(14-23)7-10-25(11-8-20)19(27)15-5-3-9-24(15)2;3-2(4,5)1(6)7/h3-6,9,12H,7-8,10-11,13-14H2,1-2H3;(H,6,7). The molecular formula is C22H25F3N6O3S. The summed E-state index contributed by atoms with van der Waals surface area (Å²) in [5, 5.41) is 18.3. The average Bonchev–Trinajstić information content (AvgIpc) is 3.54. The number of rotatable bonds is 2. The molecule has 0 radical (unpaired) electrons. The van der Waals surface area contributed by atoms with Crippen molar-refractivity contribution < 1.29 is 27.9 Å². The first kappa shape index (κ1) is 24.9. The Morgan fingerprint density at radius 1 is 1.11 bits per heavy atom. The molecule has 1 N–H and O–H groups in total. The molecule has 3 aromatic rings. The fraction of sp³-hybridized carbons (Fsp3) is 0.455. The van der Waals surface area contributed by atoms with Crippen LogP contribution in [-0.2, 0) is 23.9 Å². The minimum Gasteiger partial charge on any atom is -0.475 e. The number of likely N-dealkylation sites (tertiary alicyclic amines) is 1. The van der Waals surface area contributed by atoms with Crippen LogP contribution in [0.25, 0.3) is 10.7 Å². The van der Waals surface area contributed by atoms with E-state index in [1.165, 1.54) is 0 Å². The number of amides is 1. The summed E-state index contributed by atoms with van der Waals surface area (Å²) in [6.07, 6.45) is -1.33. The molecule has 35 heavy (non-hydrogen) atoms. The number of aryl methyl sites for hydroxylation is 1. The van der Waals surface area contributed by atoms with E-state index >= 15 is 0 Å². The zero-order chi connectivity index (χ0) is 25.4. The van der Waals surface area contributed by atoms with Gasteiger partial charge in [-0.3, -0.25) is 9.69 Å². The van der Waals surface area contributed by atoms with Crippen LogP contribution < -0.4 is 0 Å². The number of carbonyl (C=O) groups excluding carboxylic acids is 1. The van der Waals surface area contributed by atoms with Crippen molar-refractivity contribution in [3.63, 3.8) is 0 Å². The molecule has 13 heteroatoms. The number of nitrogens with zero attached hydrogens (tertiary/aromatic N) is 6. The maximum atomic E-state index is 12.9. The van der Waals surface area contributed by atoms with Crippen LogP contribution in [0.3, 0.4) is 0 Å². The minimum atomic E-state index is -5.08. The van der Waals surface area contributed by atoms with Crippen molar-refractivity contribution in [2.75, 3.05) is 26.7 Å². The fourth-order valence-electron chi connectivity index (χ4n) is 4.71. The Morgan fingerprint density at radius 2 is 1.80 bits per heavy atom. The highest BCUT2D eigenvalue weighted by atomic mass is 32.1. The van der Waals surface area contributed by atoms with Gasteiger partial charge in [0.1, 0.15) is 11.5 Å². The number of carboxylic acids is 1. The number of aliphatic carboxylic acids is 1. The van der Waals surface area contributed by atoms with Gasteiger partial charge in [-0.2, -0.15) is 13.2 Å². The van der Waals surface area contributed by atoms with E-state index < -0.39 is 12.1 Å². The van der Waals surface area contributed by atoms with Gasteiger partial charge in [0.05, 0.1) is 17.0 Å². The second-order valence-electron chi connectivity index (χ2n) is 8.75. The normalized spacial score (nSPS) is 17.6. The molecule has 9 nitrogen and oxygen atoms in total. The summed E-state index contributed by atoms with van der Waals surface area (Å²) in [7, 11) is 4.07. The predicted octanol–water partition coefficient (Wildman–Crippen LogP) is 3.06. The Balaban J connectivity index is 0.000000364. The quantitative estimate of drug-likeness (QED) is 0.569. The largest absolute Gasteiger partial charge is 0.490 e. The lowest BCUT2D eigenvalue weighted by atomic mass is 9.84. The van der Waals surface area contributed by atoms with E-state index in [2.05, 4.69) is 44.2 Å². The van der Waals surface area contributed by atoms with Crippen molar-refractivity contribution in [1.29, 1.82) is 0 Å². The van der Waals surface area contributed by atoms with Gasteiger partial charge < -0.3 is 19.1 Å². The van der Waals surface area contributed by atoms with Crippen LogP contribution >= 0.6 is 11.3 Å². The molecule has 5 heterocycles. The van der Waals surface area contributed by atoms with E-state index in [4.69, 9.17) is 9.90 Å². The Hall–Kier alpha value is -3.19. The number of piperidine rings is 1. The van der Waals surface area contributed by atoms with Crippen LogP contribution in [0.4, 0.5) is 13.2 Å². The Kier molecular flexibility index (Phi) is 6.73. The number of carboxylic acid groups (broad SMARTS) is 1. The second kappa shape index (κ2) is 9.46. The van der Waals surface area contributed by atoms with Gasteiger partial charge in [-0.25, -0.2) is 4.79 Å². The summed E-state index contributed by atoms with van der Waals surface area (Å²) in [5.41, 5.74) is 0.692. The summed E-state index contributed by atoms with van der Waals surface area (Å²) in [6, 6.07) is 7.99. The van der Waals surface area contributed by atoms with Crippen LogP contribution in [0.15, 0.2) is 35.8 Å².